The summed E-state index contributed by atoms with van der Waals surface area (Å²) in [6, 6.07) is 7.28. The van der Waals surface area contributed by atoms with Gasteiger partial charge in [-0.25, -0.2) is 9.18 Å². The lowest BCUT2D eigenvalue weighted by molar-refractivity contribution is -0.137. The van der Waals surface area contributed by atoms with E-state index in [0.717, 1.165) is 17.4 Å². The molecule has 0 bridgehead atoms. The van der Waals surface area contributed by atoms with E-state index in [2.05, 4.69) is 5.10 Å². The number of fused-ring (bicyclic) bond motifs is 1. The number of hydrogen-bond donors (Lipinski definition) is 2. The molecule has 2 aromatic heterocycles. The normalized spacial score (nSPS) is 14.3. The Bertz CT molecular complexity index is 1610. The number of aryl methyl sites for hydroxylation is 1. The number of anilines is 1. The maximum atomic E-state index is 14.1. The third-order valence-corrected chi connectivity index (χ3v) is 7.36. The van der Waals surface area contributed by atoms with Crippen LogP contribution in [0.5, 0.6) is 0 Å². The van der Waals surface area contributed by atoms with Crippen molar-refractivity contribution in [2.24, 2.45) is 5.92 Å². The number of carbonyl (C=O) groups is 1. The summed E-state index contributed by atoms with van der Waals surface area (Å²) < 4.78 is 56.9. The van der Waals surface area contributed by atoms with Crippen LogP contribution in [0.25, 0.3) is 27.0 Å². The molecule has 4 aromatic rings. The summed E-state index contributed by atoms with van der Waals surface area (Å²) in [6.45, 7) is 2.30. The van der Waals surface area contributed by atoms with Crippen molar-refractivity contribution in [2.75, 3.05) is 24.6 Å². The quantitative estimate of drug-likeness (QED) is 0.361. The molecule has 1 aliphatic heterocycles. The van der Waals surface area contributed by atoms with E-state index < -0.39 is 34.8 Å². The van der Waals surface area contributed by atoms with Crippen LogP contribution in [0.1, 0.15) is 21.5 Å². The number of halogens is 4. The average molecular weight is 534 g/mol. The number of aromatic nitrogens is 2. The molecule has 7 nitrogen and oxygen atoms in total. The molecule has 0 atom stereocenters. The molecule has 0 amide bonds. The summed E-state index contributed by atoms with van der Waals surface area (Å²) in [5.74, 6) is -1.93. The minimum Gasteiger partial charge on any atom is -0.478 e. The second-order valence-electron chi connectivity index (χ2n) is 8.84. The molecule has 2 aromatic carbocycles. The smallest absolute Gasteiger partial charge is 0.418 e. The van der Waals surface area contributed by atoms with E-state index >= 15 is 0 Å². The third kappa shape index (κ3) is 4.25. The molecule has 0 spiro atoms. The molecular weight excluding hydrogens is 514 g/mol. The molecular formula is C25H19F4N3O4S. The van der Waals surface area contributed by atoms with E-state index in [1.165, 1.54) is 42.6 Å². The van der Waals surface area contributed by atoms with Crippen molar-refractivity contribution in [2.45, 2.75) is 13.1 Å². The van der Waals surface area contributed by atoms with Gasteiger partial charge in [-0.3, -0.25) is 4.79 Å². The van der Waals surface area contributed by atoms with Crippen molar-refractivity contribution < 1.29 is 32.6 Å². The first-order chi connectivity index (χ1) is 17.5. The van der Waals surface area contributed by atoms with Gasteiger partial charge in [-0.2, -0.15) is 23.0 Å². The molecule has 3 heterocycles. The second-order valence-corrected chi connectivity index (χ2v) is 9.72. The molecule has 1 fully saturated rings. The zero-order chi connectivity index (χ0) is 26.6. The molecule has 0 saturated carbocycles. The zero-order valence-corrected chi connectivity index (χ0v) is 20.0. The van der Waals surface area contributed by atoms with Crippen molar-refractivity contribution in [3.8, 4) is 16.9 Å². The fourth-order valence-corrected chi connectivity index (χ4v) is 5.41. The Morgan fingerprint density at radius 2 is 1.92 bits per heavy atom. The molecule has 2 N–H and O–H groups in total. The second kappa shape index (κ2) is 8.96. The van der Waals surface area contributed by atoms with Gasteiger partial charge in [0.05, 0.1) is 26.9 Å². The Morgan fingerprint density at radius 3 is 2.54 bits per heavy atom. The number of aromatic carboxylic acids is 1. The van der Waals surface area contributed by atoms with E-state index in [1.54, 1.807) is 4.90 Å². The lowest BCUT2D eigenvalue weighted by Gasteiger charge is -2.40. The van der Waals surface area contributed by atoms with Crippen LogP contribution < -0.4 is 10.5 Å². The number of alkyl halides is 3. The molecule has 192 valence electrons. The van der Waals surface area contributed by atoms with Gasteiger partial charge < -0.3 is 15.1 Å². The summed E-state index contributed by atoms with van der Waals surface area (Å²) >= 11 is 0.921. The standard InChI is InChI=1S/C25H19F4N3O4S/c1-12-6-14(2-5-18(12)26)21-22-20(16(11-37-22)24(35)36)23(34)32(30-21)19-7-15(31-8-13(9-31)10-33)3-4-17(19)25(27,28)29/h2-7,11,13,33H,8-10H2,1H3,(H,35,36). The Balaban J connectivity index is 1.82. The van der Waals surface area contributed by atoms with Crippen molar-refractivity contribution in [3.05, 3.63) is 74.6 Å². The number of hydrogen-bond acceptors (Lipinski definition) is 6. The predicted molar refractivity (Wildman–Crippen MR) is 130 cm³/mol. The number of benzene rings is 2. The SMILES string of the molecule is Cc1cc(-c2nn(-c3cc(N4CC(CO)C4)ccc3C(F)(F)F)c(=O)c3c(C(=O)O)csc23)ccc1F. The highest BCUT2D eigenvalue weighted by atomic mass is 32.1. The number of aliphatic hydroxyl groups excluding tert-OH is 1. The van der Waals surface area contributed by atoms with Crippen molar-refractivity contribution in [1.82, 2.24) is 9.78 Å². The van der Waals surface area contributed by atoms with Crippen LogP contribution >= 0.6 is 11.3 Å². The van der Waals surface area contributed by atoms with E-state index in [9.17, 15) is 37.4 Å². The predicted octanol–water partition coefficient (Wildman–Crippen LogP) is 4.71. The van der Waals surface area contributed by atoms with Crippen LogP contribution in [-0.4, -0.2) is 45.7 Å². The van der Waals surface area contributed by atoms with Gasteiger partial charge in [0.15, 0.2) is 0 Å². The van der Waals surface area contributed by atoms with E-state index in [1.807, 2.05) is 0 Å². The summed E-state index contributed by atoms with van der Waals surface area (Å²) in [6.07, 6.45) is -4.84. The maximum absolute atomic E-state index is 14.1. The lowest BCUT2D eigenvalue weighted by atomic mass is 9.99. The number of carboxylic acids is 1. The van der Waals surface area contributed by atoms with Crippen LogP contribution in [0.4, 0.5) is 23.2 Å². The summed E-state index contributed by atoms with van der Waals surface area (Å²) in [5, 5.41) is 24.2. The van der Waals surface area contributed by atoms with Crippen LogP contribution in [0.15, 0.2) is 46.6 Å². The molecule has 0 radical (unpaired) electrons. The van der Waals surface area contributed by atoms with Gasteiger partial charge in [0.2, 0.25) is 0 Å². The van der Waals surface area contributed by atoms with Gasteiger partial charge >= 0.3 is 12.1 Å². The van der Waals surface area contributed by atoms with Crippen molar-refractivity contribution in [1.29, 1.82) is 0 Å². The lowest BCUT2D eigenvalue weighted by Crippen LogP contribution is -2.48. The van der Waals surface area contributed by atoms with E-state index in [-0.39, 0.29) is 39.4 Å². The molecule has 1 aliphatic rings. The van der Waals surface area contributed by atoms with Crippen LogP contribution in [0, 0.1) is 18.7 Å². The number of nitrogens with zero attached hydrogens (tertiary/aromatic N) is 3. The fourth-order valence-electron chi connectivity index (χ4n) is 4.37. The van der Waals surface area contributed by atoms with Crippen molar-refractivity contribution in [3.63, 3.8) is 0 Å². The van der Waals surface area contributed by atoms with E-state index in [0.29, 0.717) is 29.0 Å². The first kappa shape index (κ1) is 24.9. The summed E-state index contributed by atoms with van der Waals surface area (Å²) in [5.41, 5.74) is -2.06. The van der Waals surface area contributed by atoms with Gasteiger partial charge in [-0.1, -0.05) is 0 Å². The maximum Gasteiger partial charge on any atom is 0.418 e. The van der Waals surface area contributed by atoms with Gasteiger partial charge in [-0.05, 0) is 48.9 Å². The van der Waals surface area contributed by atoms with Gasteiger partial charge in [0, 0.05) is 42.2 Å². The number of thiophene rings is 1. The highest BCUT2D eigenvalue weighted by molar-refractivity contribution is 7.18. The zero-order valence-electron chi connectivity index (χ0n) is 19.2. The largest absolute Gasteiger partial charge is 0.478 e. The molecule has 12 heteroatoms. The topological polar surface area (TPSA) is 95.7 Å². The number of rotatable bonds is 5. The van der Waals surface area contributed by atoms with Gasteiger partial charge in [-0.15, -0.1) is 11.3 Å². The Morgan fingerprint density at radius 1 is 1.19 bits per heavy atom. The Kier molecular flexibility index (Phi) is 6.03. The molecule has 1 saturated heterocycles. The highest BCUT2D eigenvalue weighted by Gasteiger charge is 2.36. The Labute approximate surface area is 210 Å². The average Bonchev–Trinajstić information content (AvgIpc) is 3.26. The first-order valence-corrected chi connectivity index (χ1v) is 12.0. The summed E-state index contributed by atoms with van der Waals surface area (Å²) in [4.78, 5) is 27.2. The number of aliphatic hydroxyl groups is 1. The van der Waals surface area contributed by atoms with Crippen LogP contribution in [-0.2, 0) is 6.18 Å². The van der Waals surface area contributed by atoms with Crippen molar-refractivity contribution >= 4 is 33.1 Å². The monoisotopic (exact) mass is 533 g/mol. The fraction of sp³-hybridized carbons (Fsp3) is 0.240. The summed E-state index contributed by atoms with van der Waals surface area (Å²) in [7, 11) is 0. The molecule has 5 rings (SSSR count). The van der Waals surface area contributed by atoms with Gasteiger partial charge in [0.1, 0.15) is 11.5 Å². The highest BCUT2D eigenvalue weighted by Crippen LogP contribution is 2.38. The Hall–Kier alpha value is -3.77. The van der Waals surface area contributed by atoms with Crippen LogP contribution in [0.3, 0.4) is 0 Å². The first-order valence-electron chi connectivity index (χ1n) is 11.1. The van der Waals surface area contributed by atoms with Gasteiger partial charge in [0.25, 0.3) is 5.56 Å². The minimum atomic E-state index is -4.84. The van der Waals surface area contributed by atoms with Crippen LogP contribution in [0.2, 0.25) is 0 Å². The molecule has 0 aliphatic carbocycles. The third-order valence-electron chi connectivity index (χ3n) is 6.37. The molecule has 37 heavy (non-hydrogen) atoms. The molecule has 0 unspecified atom stereocenters. The minimum absolute atomic E-state index is 0.0137. The number of carboxylic acid groups (broad SMARTS) is 1. The van der Waals surface area contributed by atoms with E-state index in [4.69, 9.17) is 0 Å².